The van der Waals surface area contributed by atoms with Gasteiger partial charge in [0.05, 0.1) is 10.6 Å². The third-order valence-electron chi connectivity index (χ3n) is 4.45. The van der Waals surface area contributed by atoms with Gasteiger partial charge in [0.15, 0.2) is 5.82 Å². The fourth-order valence-electron chi connectivity index (χ4n) is 2.75. The minimum atomic E-state index is -2.78. The molecule has 3 rings (SSSR count). The van der Waals surface area contributed by atoms with Gasteiger partial charge in [-0.1, -0.05) is 23.2 Å². The van der Waals surface area contributed by atoms with Gasteiger partial charge in [-0.05, 0) is 43.0 Å². The molecule has 1 aliphatic carbocycles. The van der Waals surface area contributed by atoms with E-state index in [1.165, 1.54) is 30.6 Å². The molecule has 2 aromatic rings. The highest BCUT2D eigenvalue weighted by molar-refractivity contribution is 6.36. The number of amides is 1. The summed E-state index contributed by atoms with van der Waals surface area (Å²) in [5.41, 5.74) is -0.564. The monoisotopic (exact) mass is 417 g/mol. The lowest BCUT2D eigenvalue weighted by Gasteiger charge is -2.20. The van der Waals surface area contributed by atoms with Crippen LogP contribution >= 0.6 is 23.2 Å². The van der Waals surface area contributed by atoms with Gasteiger partial charge < -0.3 is 5.32 Å². The number of benzene rings is 1. The second-order valence-electron chi connectivity index (χ2n) is 6.56. The molecule has 4 nitrogen and oxygen atoms in total. The van der Waals surface area contributed by atoms with Crippen LogP contribution in [-0.2, 0) is 0 Å². The lowest BCUT2D eigenvalue weighted by atomic mass is 9.94. The molecule has 1 atom stereocenters. The number of halogens is 5. The van der Waals surface area contributed by atoms with Gasteiger partial charge in [-0.25, -0.2) is 23.1 Å². The van der Waals surface area contributed by atoms with Gasteiger partial charge in [0.1, 0.15) is 5.67 Å². The van der Waals surface area contributed by atoms with E-state index in [4.69, 9.17) is 23.2 Å². The van der Waals surface area contributed by atoms with E-state index < -0.39 is 29.7 Å². The first-order valence-corrected chi connectivity index (χ1v) is 9.05. The van der Waals surface area contributed by atoms with Gasteiger partial charge in [-0.15, -0.1) is 0 Å². The summed E-state index contributed by atoms with van der Waals surface area (Å²) in [4.78, 5) is 19.6. The van der Waals surface area contributed by atoms with Crippen molar-refractivity contribution < 1.29 is 18.0 Å². The molecule has 1 aromatic carbocycles. The Morgan fingerprint density at radius 1 is 1.22 bits per heavy atom. The van der Waals surface area contributed by atoms with E-state index in [0.717, 1.165) is 0 Å². The summed E-state index contributed by atoms with van der Waals surface area (Å²) in [5, 5.41) is 3.31. The highest BCUT2D eigenvalue weighted by Gasteiger charge is 2.45. The Hall–Kier alpha value is -1.86. The van der Waals surface area contributed by atoms with Crippen molar-refractivity contribution in [3.8, 4) is 0 Å². The van der Waals surface area contributed by atoms with Crippen LogP contribution in [0, 0.1) is 0 Å². The van der Waals surface area contributed by atoms with Crippen molar-refractivity contribution in [3.63, 3.8) is 0 Å². The Morgan fingerprint density at radius 2 is 1.89 bits per heavy atom. The number of hydrogen-bond donors (Lipinski definition) is 1. The molecular formula is C18H16Cl2F3N3O. The predicted octanol–water partition coefficient (Wildman–Crippen LogP) is 5.13. The molecule has 0 radical (unpaired) electrons. The van der Waals surface area contributed by atoms with Crippen LogP contribution in [0.1, 0.15) is 53.4 Å². The summed E-state index contributed by atoms with van der Waals surface area (Å²) in [6, 6.07) is 4.48. The predicted molar refractivity (Wildman–Crippen MR) is 96.2 cm³/mol. The molecule has 9 heteroatoms. The summed E-state index contributed by atoms with van der Waals surface area (Å²) in [6.07, 6.45) is 0.769. The molecular weight excluding hydrogens is 402 g/mol. The largest absolute Gasteiger partial charge is 0.351 e. The summed E-state index contributed by atoms with van der Waals surface area (Å²) in [6.45, 7) is 0.0981. The molecule has 1 aliphatic rings. The number of aromatic nitrogens is 2. The highest BCUT2D eigenvalue weighted by Crippen LogP contribution is 2.46. The number of carbonyl (C=O) groups is 1. The Kier molecular flexibility index (Phi) is 5.91. The Morgan fingerprint density at radius 3 is 2.44 bits per heavy atom. The molecule has 1 heterocycles. The van der Waals surface area contributed by atoms with Crippen molar-refractivity contribution >= 4 is 29.1 Å². The van der Waals surface area contributed by atoms with Gasteiger partial charge in [0.25, 0.3) is 12.3 Å². The topological polar surface area (TPSA) is 54.9 Å². The molecule has 1 unspecified atom stereocenters. The standard InChI is InChI=1S/C18H16Cl2F3N3O/c19-12-1-2-13(14(20)5-12)17(27)26-7-10(6-18(23)3-4-18)11-8-24-16(15(21)22)25-9-11/h1-2,5,8-10,15H,3-4,6-7H2,(H,26,27). The summed E-state index contributed by atoms with van der Waals surface area (Å²) < 4.78 is 39.5. The van der Waals surface area contributed by atoms with E-state index in [9.17, 15) is 18.0 Å². The van der Waals surface area contributed by atoms with Crippen molar-refractivity contribution in [3.05, 3.63) is 57.6 Å². The maximum Gasteiger partial charge on any atom is 0.297 e. The number of hydrogen-bond acceptors (Lipinski definition) is 3. The second-order valence-corrected chi connectivity index (χ2v) is 7.41. The summed E-state index contributed by atoms with van der Waals surface area (Å²) in [7, 11) is 0. The molecule has 1 fully saturated rings. The van der Waals surface area contributed by atoms with E-state index in [1.807, 2.05) is 0 Å². The second kappa shape index (κ2) is 8.02. The van der Waals surface area contributed by atoms with Crippen LogP contribution in [0.25, 0.3) is 0 Å². The summed E-state index contributed by atoms with van der Waals surface area (Å²) >= 11 is 11.8. The number of nitrogens with one attached hydrogen (secondary N) is 1. The number of rotatable bonds is 7. The minimum absolute atomic E-state index is 0.0981. The van der Waals surface area contributed by atoms with Crippen LogP contribution in [0.4, 0.5) is 13.2 Å². The van der Waals surface area contributed by atoms with Crippen molar-refractivity contribution in [1.82, 2.24) is 15.3 Å². The molecule has 144 valence electrons. The zero-order valence-electron chi connectivity index (χ0n) is 14.1. The molecule has 1 saturated carbocycles. The minimum Gasteiger partial charge on any atom is -0.351 e. The Bertz CT molecular complexity index is 829. The number of carbonyl (C=O) groups excluding carboxylic acids is 1. The number of nitrogens with zero attached hydrogens (tertiary/aromatic N) is 2. The maximum atomic E-state index is 14.3. The SMILES string of the molecule is O=C(NCC(CC1(F)CC1)c1cnc(C(F)F)nc1)c1ccc(Cl)cc1Cl. The van der Waals surface area contributed by atoms with E-state index in [0.29, 0.717) is 23.4 Å². The first kappa shape index (κ1) is 19.9. The van der Waals surface area contributed by atoms with Gasteiger partial charge in [-0.2, -0.15) is 0 Å². The zero-order valence-corrected chi connectivity index (χ0v) is 15.6. The molecule has 27 heavy (non-hydrogen) atoms. The van der Waals surface area contributed by atoms with Crippen molar-refractivity contribution in [2.24, 2.45) is 0 Å². The third kappa shape index (κ3) is 5.11. The van der Waals surface area contributed by atoms with Crippen molar-refractivity contribution in [1.29, 1.82) is 0 Å². The van der Waals surface area contributed by atoms with Gasteiger partial charge in [0, 0.05) is 29.9 Å². The van der Waals surface area contributed by atoms with E-state index in [2.05, 4.69) is 15.3 Å². The summed E-state index contributed by atoms with van der Waals surface area (Å²) in [5.74, 6) is -1.47. The van der Waals surface area contributed by atoms with Crippen molar-refractivity contribution in [2.45, 2.75) is 37.3 Å². The van der Waals surface area contributed by atoms with Crippen LogP contribution in [0.5, 0.6) is 0 Å². The maximum absolute atomic E-state index is 14.3. The van der Waals surface area contributed by atoms with Crippen molar-refractivity contribution in [2.75, 3.05) is 6.54 Å². The average Bonchev–Trinajstić information content (AvgIpc) is 3.35. The Labute approximate surface area is 164 Å². The molecule has 1 aromatic heterocycles. The number of alkyl halides is 3. The smallest absolute Gasteiger partial charge is 0.297 e. The van der Waals surface area contributed by atoms with Crippen LogP contribution in [0.3, 0.4) is 0 Å². The van der Waals surface area contributed by atoms with E-state index in [-0.39, 0.29) is 23.6 Å². The fraction of sp³-hybridized carbons (Fsp3) is 0.389. The van der Waals surface area contributed by atoms with Gasteiger partial charge >= 0.3 is 0 Å². The van der Waals surface area contributed by atoms with E-state index >= 15 is 0 Å². The lowest BCUT2D eigenvalue weighted by Crippen LogP contribution is -2.30. The molecule has 1 amide bonds. The highest BCUT2D eigenvalue weighted by atomic mass is 35.5. The first-order chi connectivity index (χ1) is 12.8. The molecule has 1 N–H and O–H groups in total. The first-order valence-electron chi connectivity index (χ1n) is 8.29. The van der Waals surface area contributed by atoms with Crippen LogP contribution in [-0.4, -0.2) is 28.1 Å². The average molecular weight is 418 g/mol. The Balaban J connectivity index is 1.72. The van der Waals surface area contributed by atoms with E-state index in [1.54, 1.807) is 0 Å². The van der Waals surface area contributed by atoms with Crippen LogP contribution in [0.2, 0.25) is 10.0 Å². The third-order valence-corrected chi connectivity index (χ3v) is 5.00. The molecule has 0 spiro atoms. The lowest BCUT2D eigenvalue weighted by molar-refractivity contribution is 0.0948. The molecule has 0 saturated heterocycles. The van der Waals surface area contributed by atoms with Gasteiger partial charge in [0.2, 0.25) is 0 Å². The fourth-order valence-corrected chi connectivity index (χ4v) is 3.24. The van der Waals surface area contributed by atoms with Gasteiger partial charge in [-0.3, -0.25) is 4.79 Å². The normalized spacial score (nSPS) is 16.2. The molecule has 0 aliphatic heterocycles. The zero-order chi connectivity index (χ0) is 19.6. The molecule has 0 bridgehead atoms. The quantitative estimate of drug-likeness (QED) is 0.679. The van der Waals surface area contributed by atoms with Crippen LogP contribution in [0.15, 0.2) is 30.6 Å². The van der Waals surface area contributed by atoms with Crippen LogP contribution < -0.4 is 5.32 Å².